The maximum absolute atomic E-state index is 12.0. The third kappa shape index (κ3) is 3.46. The molecule has 0 aliphatic carbocycles. The zero-order valence-corrected chi connectivity index (χ0v) is 10.6. The summed E-state index contributed by atoms with van der Waals surface area (Å²) < 4.78 is 5.15. The van der Waals surface area contributed by atoms with E-state index in [0.29, 0.717) is 11.4 Å². The van der Waals surface area contributed by atoms with E-state index in [0.717, 1.165) is 5.56 Å². The Morgan fingerprint density at radius 1 is 1.42 bits per heavy atom. The quantitative estimate of drug-likeness (QED) is 0.912. The topological polar surface area (TPSA) is 66.0 Å². The average Bonchev–Trinajstić information content (AvgIpc) is 2.88. The fourth-order valence-corrected chi connectivity index (χ4v) is 1.78. The van der Waals surface area contributed by atoms with E-state index in [2.05, 4.69) is 5.32 Å². The summed E-state index contributed by atoms with van der Waals surface area (Å²) in [6.45, 7) is 1.94. The summed E-state index contributed by atoms with van der Waals surface area (Å²) in [5, 5.41) is 11.8. The number of aryl methyl sites for hydroxylation is 1. The second-order valence-electron chi connectivity index (χ2n) is 4.32. The van der Waals surface area contributed by atoms with Crippen molar-refractivity contribution in [2.45, 2.75) is 13.3 Å². The van der Waals surface area contributed by atoms with Gasteiger partial charge in [-0.15, -0.1) is 0 Å². The largest absolute Gasteiger partial charge is 0.469 e. The average molecular weight is 254 g/mol. The molecule has 1 unspecified atom stereocenters. The minimum Gasteiger partial charge on any atom is -0.469 e. The molecule has 0 saturated heterocycles. The summed E-state index contributed by atoms with van der Waals surface area (Å²) in [4.78, 5) is 12.0. The van der Waals surface area contributed by atoms with Gasteiger partial charge in [-0.2, -0.15) is 5.26 Å². The van der Waals surface area contributed by atoms with Crippen LogP contribution in [0.25, 0.3) is 0 Å². The number of nitrogens with zero attached hydrogens (tertiary/aromatic N) is 1. The molecule has 1 N–H and O–H groups in total. The van der Waals surface area contributed by atoms with E-state index in [1.165, 1.54) is 6.26 Å². The van der Waals surface area contributed by atoms with Gasteiger partial charge >= 0.3 is 0 Å². The number of nitriles is 1. The summed E-state index contributed by atoms with van der Waals surface area (Å²) in [5.41, 5.74) is 1.75. The molecule has 1 atom stereocenters. The number of hydrogen-bond acceptors (Lipinski definition) is 3. The van der Waals surface area contributed by atoms with E-state index in [9.17, 15) is 4.79 Å². The molecule has 1 aromatic heterocycles. The lowest BCUT2D eigenvalue weighted by molar-refractivity contribution is -0.118. The van der Waals surface area contributed by atoms with Gasteiger partial charge < -0.3 is 9.73 Å². The minimum atomic E-state index is -0.758. The summed E-state index contributed by atoms with van der Waals surface area (Å²) in [6, 6.07) is 13.0. The monoisotopic (exact) mass is 254 g/mol. The first-order valence-corrected chi connectivity index (χ1v) is 5.98. The van der Waals surface area contributed by atoms with Gasteiger partial charge in [0.25, 0.3) is 0 Å². The van der Waals surface area contributed by atoms with Gasteiger partial charge in [0.1, 0.15) is 11.7 Å². The molecule has 0 aliphatic rings. The van der Waals surface area contributed by atoms with Crippen LogP contribution in [0.4, 0.5) is 5.69 Å². The van der Waals surface area contributed by atoms with Crippen molar-refractivity contribution >= 4 is 11.6 Å². The van der Waals surface area contributed by atoms with E-state index >= 15 is 0 Å². The lowest BCUT2D eigenvalue weighted by Gasteiger charge is -2.09. The predicted octanol–water partition coefficient (Wildman–Crippen LogP) is 2.91. The maximum atomic E-state index is 12.0. The molecule has 2 aromatic rings. The number of rotatable bonds is 4. The van der Waals surface area contributed by atoms with Crippen LogP contribution in [-0.2, 0) is 11.2 Å². The fourth-order valence-electron chi connectivity index (χ4n) is 1.78. The predicted molar refractivity (Wildman–Crippen MR) is 71.3 cm³/mol. The zero-order chi connectivity index (χ0) is 13.7. The van der Waals surface area contributed by atoms with Crippen LogP contribution in [0.15, 0.2) is 47.1 Å². The molecule has 1 heterocycles. The van der Waals surface area contributed by atoms with Crippen molar-refractivity contribution in [3.8, 4) is 6.07 Å². The SMILES string of the molecule is Cc1cccc(NC(=O)C(C#N)Cc2ccco2)c1. The Morgan fingerprint density at radius 3 is 2.89 bits per heavy atom. The lowest BCUT2D eigenvalue weighted by Crippen LogP contribution is -2.23. The smallest absolute Gasteiger partial charge is 0.242 e. The normalized spacial score (nSPS) is 11.6. The van der Waals surface area contributed by atoms with Crippen LogP contribution < -0.4 is 5.32 Å². The molecule has 19 heavy (non-hydrogen) atoms. The molecule has 0 bridgehead atoms. The summed E-state index contributed by atoms with van der Waals surface area (Å²) >= 11 is 0. The molecule has 4 nitrogen and oxygen atoms in total. The van der Waals surface area contributed by atoms with Crippen LogP contribution in [0.3, 0.4) is 0 Å². The van der Waals surface area contributed by atoms with Crippen molar-refractivity contribution in [3.05, 3.63) is 54.0 Å². The number of amides is 1. The summed E-state index contributed by atoms with van der Waals surface area (Å²) in [6.07, 6.45) is 1.81. The Bertz CT molecular complexity index is 597. The van der Waals surface area contributed by atoms with Crippen molar-refractivity contribution in [2.75, 3.05) is 5.32 Å². The standard InChI is InChI=1S/C15H14N2O2/c1-11-4-2-5-13(8-11)17-15(18)12(10-16)9-14-6-3-7-19-14/h2-8,12H,9H2,1H3,(H,17,18). The Labute approximate surface area is 111 Å². The van der Waals surface area contributed by atoms with Gasteiger partial charge in [0.05, 0.1) is 12.3 Å². The van der Waals surface area contributed by atoms with Gasteiger partial charge in [0.2, 0.25) is 5.91 Å². The molecule has 0 saturated carbocycles. The van der Waals surface area contributed by atoms with Crippen LogP contribution in [0.1, 0.15) is 11.3 Å². The summed E-state index contributed by atoms with van der Waals surface area (Å²) in [7, 11) is 0. The van der Waals surface area contributed by atoms with Gasteiger partial charge in [-0.05, 0) is 36.8 Å². The number of anilines is 1. The molecule has 0 radical (unpaired) electrons. The molecule has 0 aliphatic heterocycles. The van der Waals surface area contributed by atoms with Crippen LogP contribution in [-0.4, -0.2) is 5.91 Å². The highest BCUT2D eigenvalue weighted by atomic mass is 16.3. The molecular weight excluding hydrogens is 240 g/mol. The van der Waals surface area contributed by atoms with E-state index in [4.69, 9.17) is 9.68 Å². The van der Waals surface area contributed by atoms with Gasteiger partial charge in [0, 0.05) is 12.1 Å². The van der Waals surface area contributed by atoms with Crippen LogP contribution >= 0.6 is 0 Å². The molecule has 1 aromatic carbocycles. The molecule has 96 valence electrons. The molecule has 1 amide bonds. The number of carbonyl (C=O) groups excluding carboxylic acids is 1. The second kappa shape index (κ2) is 5.87. The number of carbonyl (C=O) groups is 1. The number of benzene rings is 1. The highest BCUT2D eigenvalue weighted by Gasteiger charge is 2.19. The lowest BCUT2D eigenvalue weighted by atomic mass is 10.0. The highest BCUT2D eigenvalue weighted by molar-refractivity contribution is 5.94. The Morgan fingerprint density at radius 2 is 2.26 bits per heavy atom. The highest BCUT2D eigenvalue weighted by Crippen LogP contribution is 2.14. The molecule has 2 rings (SSSR count). The van der Waals surface area contributed by atoms with Gasteiger partial charge in [-0.3, -0.25) is 4.79 Å². The third-order valence-electron chi connectivity index (χ3n) is 2.74. The molecule has 4 heteroatoms. The maximum Gasteiger partial charge on any atom is 0.242 e. The second-order valence-corrected chi connectivity index (χ2v) is 4.32. The van der Waals surface area contributed by atoms with Crippen molar-refractivity contribution in [1.82, 2.24) is 0 Å². The van der Waals surface area contributed by atoms with E-state index in [-0.39, 0.29) is 12.3 Å². The summed E-state index contributed by atoms with van der Waals surface area (Å²) in [5.74, 6) is -0.442. The number of nitrogens with one attached hydrogen (secondary N) is 1. The Hall–Kier alpha value is -2.54. The first-order chi connectivity index (χ1) is 9.19. The Kier molecular flexibility index (Phi) is 3.99. The minimum absolute atomic E-state index is 0.279. The molecule has 0 spiro atoms. The van der Waals surface area contributed by atoms with Crippen LogP contribution in [0.5, 0.6) is 0 Å². The van der Waals surface area contributed by atoms with Crippen molar-refractivity contribution in [1.29, 1.82) is 5.26 Å². The van der Waals surface area contributed by atoms with Gasteiger partial charge in [-0.1, -0.05) is 12.1 Å². The van der Waals surface area contributed by atoms with Crippen molar-refractivity contribution in [3.63, 3.8) is 0 Å². The molecule has 0 fully saturated rings. The number of hydrogen-bond donors (Lipinski definition) is 1. The third-order valence-corrected chi connectivity index (χ3v) is 2.74. The van der Waals surface area contributed by atoms with Gasteiger partial charge in [0.15, 0.2) is 0 Å². The van der Waals surface area contributed by atoms with E-state index < -0.39 is 5.92 Å². The zero-order valence-electron chi connectivity index (χ0n) is 10.6. The van der Waals surface area contributed by atoms with E-state index in [1.807, 2.05) is 31.2 Å². The molecular formula is C15H14N2O2. The fraction of sp³-hybridized carbons (Fsp3) is 0.200. The Balaban J connectivity index is 2.03. The van der Waals surface area contributed by atoms with Gasteiger partial charge in [-0.25, -0.2) is 0 Å². The van der Waals surface area contributed by atoms with Crippen LogP contribution in [0, 0.1) is 24.2 Å². The number of furan rings is 1. The van der Waals surface area contributed by atoms with Crippen molar-refractivity contribution in [2.24, 2.45) is 5.92 Å². The first kappa shape index (κ1) is 12.9. The van der Waals surface area contributed by atoms with E-state index in [1.54, 1.807) is 18.2 Å². The van der Waals surface area contributed by atoms with Crippen LogP contribution in [0.2, 0.25) is 0 Å². The van der Waals surface area contributed by atoms with Crippen molar-refractivity contribution < 1.29 is 9.21 Å². The first-order valence-electron chi connectivity index (χ1n) is 5.98.